The summed E-state index contributed by atoms with van der Waals surface area (Å²) in [4.78, 5) is 9.67. The molecule has 0 aliphatic heterocycles. The summed E-state index contributed by atoms with van der Waals surface area (Å²) in [6.45, 7) is 0. The lowest BCUT2D eigenvalue weighted by Crippen LogP contribution is -2.15. The van der Waals surface area contributed by atoms with E-state index in [0.29, 0.717) is 8.73 Å². The zero-order valence-corrected chi connectivity index (χ0v) is 18.8. The van der Waals surface area contributed by atoms with Gasteiger partial charge in [0.1, 0.15) is 5.44 Å². The van der Waals surface area contributed by atoms with E-state index in [2.05, 4.69) is 111 Å². The summed E-state index contributed by atoms with van der Waals surface area (Å²) in [5.74, 6) is 0.832. The van der Waals surface area contributed by atoms with Crippen molar-refractivity contribution in [2.45, 2.75) is 0 Å². The molecule has 4 aromatic carbocycles. The lowest BCUT2D eigenvalue weighted by Gasteiger charge is -2.24. The van der Waals surface area contributed by atoms with Crippen LogP contribution in [0.15, 0.2) is 122 Å². The van der Waals surface area contributed by atoms with Gasteiger partial charge in [-0.05, 0) is 36.4 Å². The molecule has 0 amide bonds. The summed E-state index contributed by atoms with van der Waals surface area (Å²) < 4.78 is 4.50. The molecule has 2 aromatic heterocycles. The van der Waals surface area contributed by atoms with Crippen molar-refractivity contribution in [1.82, 2.24) is 14.5 Å². The van der Waals surface area contributed by atoms with Crippen LogP contribution in [0.1, 0.15) is 0 Å². The van der Waals surface area contributed by atoms with Crippen molar-refractivity contribution in [3.05, 3.63) is 122 Å². The van der Waals surface area contributed by atoms with Crippen LogP contribution in [-0.4, -0.2) is 14.5 Å². The monoisotopic (exact) mass is 444 g/mol. The lowest BCUT2D eigenvalue weighted by molar-refractivity contribution is 1.06. The first-order valence-corrected chi connectivity index (χ1v) is 11.8. The van der Waals surface area contributed by atoms with E-state index in [4.69, 9.17) is 4.98 Å². The van der Waals surface area contributed by atoms with Gasteiger partial charge >= 0.3 is 0 Å². The molecule has 0 fully saturated rings. The highest BCUT2D eigenvalue weighted by Crippen LogP contribution is 2.36. The van der Waals surface area contributed by atoms with E-state index in [0.717, 1.165) is 33.7 Å². The Morgan fingerprint density at radius 3 is 1.67 bits per heavy atom. The van der Waals surface area contributed by atoms with Crippen molar-refractivity contribution in [3.8, 4) is 5.82 Å². The fourth-order valence-electron chi connectivity index (χ4n) is 4.23. The minimum Gasteiger partial charge on any atom is -0.317 e. The summed E-state index contributed by atoms with van der Waals surface area (Å²) >= 11 is 0. The van der Waals surface area contributed by atoms with Gasteiger partial charge in [0.25, 0.3) is 0 Å². The maximum Gasteiger partial charge on any atom is 0.156 e. The Bertz CT molecular complexity index is 1450. The van der Waals surface area contributed by atoms with E-state index in [-0.39, 0.29) is 0 Å². The standard InChI is InChI=1S/C28H21N4P/c1-3-11-21(12-4-1)32(22-13-5-2-6-14-22)33-28-20-29-19-27(30-28)31-25-17-9-7-15-23(25)24-16-8-10-18-26(24)31/h1-20,33H. The average Bonchev–Trinajstić information content (AvgIpc) is 3.23. The first kappa shape index (κ1) is 19.7. The van der Waals surface area contributed by atoms with E-state index in [9.17, 15) is 0 Å². The molecular formula is C28H21N4P. The van der Waals surface area contributed by atoms with Crippen LogP contribution in [0, 0.1) is 0 Å². The van der Waals surface area contributed by atoms with Crippen LogP contribution >= 0.6 is 8.73 Å². The second-order valence-corrected chi connectivity index (χ2v) is 8.93. The quantitative estimate of drug-likeness (QED) is 0.280. The van der Waals surface area contributed by atoms with Gasteiger partial charge in [-0.25, -0.2) is 4.98 Å². The molecule has 0 bridgehead atoms. The highest BCUT2D eigenvalue weighted by atomic mass is 31.1. The Morgan fingerprint density at radius 2 is 1.09 bits per heavy atom. The van der Waals surface area contributed by atoms with E-state index in [1.165, 1.54) is 10.8 Å². The van der Waals surface area contributed by atoms with Gasteiger partial charge in [0, 0.05) is 30.9 Å². The molecule has 0 aliphatic rings. The predicted octanol–water partition coefficient (Wildman–Crippen LogP) is 6.63. The van der Waals surface area contributed by atoms with Crippen LogP contribution in [0.3, 0.4) is 0 Å². The molecule has 0 saturated carbocycles. The number of hydrogen-bond donors (Lipinski definition) is 0. The van der Waals surface area contributed by atoms with Crippen molar-refractivity contribution >= 4 is 47.3 Å². The van der Waals surface area contributed by atoms with Gasteiger partial charge in [-0.1, -0.05) is 72.8 Å². The fourth-order valence-corrected chi connectivity index (χ4v) is 5.32. The molecule has 0 N–H and O–H groups in total. The Kier molecular flexibility index (Phi) is 5.06. The van der Waals surface area contributed by atoms with E-state index >= 15 is 0 Å². The third kappa shape index (κ3) is 3.65. The molecule has 5 heteroatoms. The lowest BCUT2D eigenvalue weighted by atomic mass is 10.2. The van der Waals surface area contributed by atoms with Gasteiger partial charge < -0.3 is 4.67 Å². The third-order valence-electron chi connectivity index (χ3n) is 5.69. The second-order valence-electron chi connectivity index (χ2n) is 7.75. The van der Waals surface area contributed by atoms with Crippen LogP contribution < -0.4 is 10.1 Å². The Morgan fingerprint density at radius 1 is 0.576 bits per heavy atom. The van der Waals surface area contributed by atoms with Crippen molar-refractivity contribution in [3.63, 3.8) is 0 Å². The first-order valence-electron chi connectivity index (χ1n) is 10.9. The largest absolute Gasteiger partial charge is 0.317 e. The minimum absolute atomic E-state index is 0.302. The Hall–Kier alpha value is -4.01. The molecule has 1 unspecified atom stereocenters. The third-order valence-corrected chi connectivity index (χ3v) is 6.90. The number of anilines is 2. The SMILES string of the molecule is c1ccc(N(Pc2cncc(-n3c4ccccc4c4ccccc43)n2)c2ccccc2)cc1. The molecule has 2 heterocycles. The maximum atomic E-state index is 5.08. The topological polar surface area (TPSA) is 34.0 Å². The van der Waals surface area contributed by atoms with Crippen molar-refractivity contribution in [1.29, 1.82) is 0 Å². The van der Waals surface area contributed by atoms with Crippen LogP contribution in [-0.2, 0) is 0 Å². The summed E-state index contributed by atoms with van der Waals surface area (Å²) in [5, 5.41) is 2.44. The molecule has 6 aromatic rings. The zero-order chi connectivity index (χ0) is 22.0. The smallest absolute Gasteiger partial charge is 0.156 e. The van der Waals surface area contributed by atoms with Crippen LogP contribution in [0.25, 0.3) is 27.6 Å². The first-order chi connectivity index (χ1) is 16.4. The van der Waals surface area contributed by atoms with Gasteiger partial charge in [-0.15, -0.1) is 0 Å². The van der Waals surface area contributed by atoms with Gasteiger partial charge in [0.15, 0.2) is 5.82 Å². The Labute approximate surface area is 194 Å². The number of hydrogen-bond acceptors (Lipinski definition) is 3. The molecule has 158 valence electrons. The summed E-state index contributed by atoms with van der Waals surface area (Å²) in [7, 11) is 0.302. The molecule has 1 atom stereocenters. The second kappa shape index (κ2) is 8.50. The molecule has 6 rings (SSSR count). The fraction of sp³-hybridized carbons (Fsp3) is 0. The zero-order valence-electron chi connectivity index (χ0n) is 17.8. The molecule has 0 aliphatic carbocycles. The predicted molar refractivity (Wildman–Crippen MR) is 139 cm³/mol. The van der Waals surface area contributed by atoms with Gasteiger partial charge in [0.05, 0.1) is 23.4 Å². The number of aromatic nitrogens is 3. The number of para-hydroxylation sites is 4. The number of fused-ring (bicyclic) bond motifs is 3. The van der Waals surface area contributed by atoms with E-state index in [1.807, 2.05) is 24.5 Å². The molecule has 0 saturated heterocycles. The molecule has 33 heavy (non-hydrogen) atoms. The normalized spacial score (nSPS) is 11.5. The molecule has 0 spiro atoms. The van der Waals surface area contributed by atoms with Gasteiger partial charge in [0.2, 0.25) is 0 Å². The molecule has 4 nitrogen and oxygen atoms in total. The van der Waals surface area contributed by atoms with Crippen molar-refractivity contribution in [2.75, 3.05) is 4.67 Å². The highest BCUT2D eigenvalue weighted by molar-refractivity contribution is 7.49. The molecule has 0 radical (unpaired) electrons. The number of nitrogens with zero attached hydrogens (tertiary/aromatic N) is 4. The van der Waals surface area contributed by atoms with E-state index in [1.54, 1.807) is 0 Å². The Balaban J connectivity index is 1.46. The molecular weight excluding hydrogens is 423 g/mol. The van der Waals surface area contributed by atoms with Crippen LogP contribution in [0.5, 0.6) is 0 Å². The van der Waals surface area contributed by atoms with E-state index < -0.39 is 0 Å². The van der Waals surface area contributed by atoms with Crippen LogP contribution in [0.4, 0.5) is 11.4 Å². The van der Waals surface area contributed by atoms with Crippen molar-refractivity contribution < 1.29 is 0 Å². The minimum atomic E-state index is 0.302. The van der Waals surface area contributed by atoms with Gasteiger partial charge in [-0.2, -0.15) is 0 Å². The number of rotatable bonds is 5. The average molecular weight is 444 g/mol. The summed E-state index contributed by atoms with van der Waals surface area (Å²) in [6, 6.07) is 37.8. The van der Waals surface area contributed by atoms with Crippen LogP contribution in [0.2, 0.25) is 0 Å². The summed E-state index contributed by atoms with van der Waals surface area (Å²) in [6.07, 6.45) is 3.72. The summed E-state index contributed by atoms with van der Waals surface area (Å²) in [5.41, 5.74) is 5.46. The number of benzene rings is 4. The maximum absolute atomic E-state index is 5.08. The van der Waals surface area contributed by atoms with Gasteiger partial charge in [-0.3, -0.25) is 9.55 Å². The van der Waals surface area contributed by atoms with Crippen molar-refractivity contribution in [2.24, 2.45) is 0 Å². The highest BCUT2D eigenvalue weighted by Gasteiger charge is 2.15.